The lowest BCUT2D eigenvalue weighted by Gasteiger charge is -2.31. The van der Waals surface area contributed by atoms with Crippen LogP contribution in [0.3, 0.4) is 0 Å². The van der Waals surface area contributed by atoms with Gasteiger partial charge in [-0.3, -0.25) is 0 Å². The fourth-order valence-corrected chi connectivity index (χ4v) is 2.13. The Labute approximate surface area is 64.4 Å². The fraction of sp³-hybridized carbons (Fsp3) is 1.00. The maximum Gasteiger partial charge on any atom is 0.0914 e. The van der Waals surface area contributed by atoms with Gasteiger partial charge in [0, 0.05) is 31.9 Å². The highest BCUT2D eigenvalue weighted by Crippen LogP contribution is 2.03. The lowest BCUT2D eigenvalue weighted by molar-refractivity contribution is 0.299. The van der Waals surface area contributed by atoms with Crippen LogP contribution in [0.2, 0.25) is 0 Å². The minimum Gasteiger partial charge on any atom is -0.314 e. The molecule has 1 fully saturated rings. The van der Waals surface area contributed by atoms with Crippen molar-refractivity contribution in [1.82, 2.24) is 9.62 Å². The summed E-state index contributed by atoms with van der Waals surface area (Å²) in [5.41, 5.74) is 0. The van der Waals surface area contributed by atoms with E-state index in [-0.39, 0.29) is 0 Å². The predicted octanol–water partition coefficient (Wildman–Crippen LogP) is -0.426. The van der Waals surface area contributed by atoms with Crippen molar-refractivity contribution in [3.63, 3.8) is 0 Å². The average Bonchev–Trinajstić information content (AvgIpc) is 1.88. The first kappa shape index (κ1) is 8.17. The quantitative estimate of drug-likeness (QED) is 0.567. The first-order valence-electron chi connectivity index (χ1n) is 3.52. The van der Waals surface area contributed by atoms with Crippen LogP contribution in [-0.4, -0.2) is 40.4 Å². The molecule has 3 nitrogen and oxygen atoms in total. The van der Waals surface area contributed by atoms with Gasteiger partial charge in [0.15, 0.2) is 0 Å². The van der Waals surface area contributed by atoms with Gasteiger partial charge in [-0.25, -0.2) is 8.51 Å². The minimum absolute atomic E-state index is 0.416. The lowest BCUT2D eigenvalue weighted by Crippen LogP contribution is -2.49. The average molecular weight is 162 g/mol. The van der Waals surface area contributed by atoms with Crippen LogP contribution in [0.5, 0.6) is 0 Å². The second-order valence-corrected chi connectivity index (χ2v) is 3.93. The predicted molar refractivity (Wildman–Crippen MR) is 43.1 cm³/mol. The molecule has 1 aliphatic rings. The molecule has 60 valence electrons. The Morgan fingerprint density at radius 3 is 2.80 bits per heavy atom. The molecule has 0 amide bonds. The molecule has 2 unspecified atom stereocenters. The maximum absolute atomic E-state index is 11.0. The number of piperazine rings is 1. The monoisotopic (exact) mass is 162 g/mol. The third-order valence-electron chi connectivity index (χ3n) is 1.77. The SMILES string of the molecule is CC1CNCCN1S(C)=O. The van der Waals surface area contributed by atoms with Gasteiger partial charge < -0.3 is 5.32 Å². The van der Waals surface area contributed by atoms with E-state index in [1.165, 1.54) is 0 Å². The van der Waals surface area contributed by atoms with Gasteiger partial charge in [0.05, 0.1) is 11.0 Å². The van der Waals surface area contributed by atoms with E-state index in [9.17, 15) is 4.21 Å². The summed E-state index contributed by atoms with van der Waals surface area (Å²) in [6, 6.07) is 0.416. The molecule has 0 radical (unpaired) electrons. The van der Waals surface area contributed by atoms with Crippen molar-refractivity contribution in [3.05, 3.63) is 0 Å². The van der Waals surface area contributed by atoms with Gasteiger partial charge >= 0.3 is 0 Å². The van der Waals surface area contributed by atoms with Crippen molar-refractivity contribution >= 4 is 11.0 Å². The van der Waals surface area contributed by atoms with Gasteiger partial charge in [-0.15, -0.1) is 0 Å². The third-order valence-corrected chi connectivity index (χ3v) is 2.97. The standard InChI is InChI=1S/C6H14N2OS/c1-6-5-7-3-4-8(6)10(2)9/h6-7H,3-5H2,1-2H3. The zero-order chi connectivity index (χ0) is 7.56. The maximum atomic E-state index is 11.0. The number of hydrogen-bond donors (Lipinski definition) is 1. The van der Waals surface area contributed by atoms with Gasteiger partial charge in [0.2, 0.25) is 0 Å². The van der Waals surface area contributed by atoms with Crippen molar-refractivity contribution in [2.75, 3.05) is 25.9 Å². The van der Waals surface area contributed by atoms with E-state index >= 15 is 0 Å². The molecule has 0 bridgehead atoms. The van der Waals surface area contributed by atoms with Crippen LogP contribution in [-0.2, 0) is 11.0 Å². The topological polar surface area (TPSA) is 32.3 Å². The zero-order valence-corrected chi connectivity index (χ0v) is 7.28. The summed E-state index contributed by atoms with van der Waals surface area (Å²) in [4.78, 5) is 0. The second kappa shape index (κ2) is 3.46. The molecular formula is C6H14N2OS. The highest BCUT2D eigenvalue weighted by Gasteiger charge is 2.19. The van der Waals surface area contributed by atoms with E-state index in [1.54, 1.807) is 6.26 Å². The Balaban J connectivity index is 2.47. The van der Waals surface area contributed by atoms with Crippen molar-refractivity contribution in [2.24, 2.45) is 0 Å². The Morgan fingerprint density at radius 2 is 2.40 bits per heavy atom. The normalized spacial score (nSPS) is 32.0. The molecule has 1 N–H and O–H groups in total. The van der Waals surface area contributed by atoms with Crippen molar-refractivity contribution in [2.45, 2.75) is 13.0 Å². The molecule has 0 saturated carbocycles. The van der Waals surface area contributed by atoms with Crippen LogP contribution in [0.1, 0.15) is 6.92 Å². The second-order valence-electron chi connectivity index (χ2n) is 2.62. The van der Waals surface area contributed by atoms with Gasteiger partial charge in [-0.2, -0.15) is 0 Å². The van der Waals surface area contributed by atoms with E-state index < -0.39 is 11.0 Å². The highest BCUT2D eigenvalue weighted by atomic mass is 32.2. The fourth-order valence-electron chi connectivity index (χ4n) is 1.20. The summed E-state index contributed by atoms with van der Waals surface area (Å²) in [6.45, 7) is 4.92. The summed E-state index contributed by atoms with van der Waals surface area (Å²) >= 11 is 0. The minimum atomic E-state index is -0.789. The molecule has 4 heteroatoms. The molecule has 0 aromatic heterocycles. The molecule has 1 heterocycles. The van der Waals surface area contributed by atoms with Crippen molar-refractivity contribution in [1.29, 1.82) is 0 Å². The third kappa shape index (κ3) is 1.78. The number of nitrogens with one attached hydrogen (secondary N) is 1. The van der Waals surface area contributed by atoms with Gasteiger partial charge in [-0.1, -0.05) is 0 Å². The Morgan fingerprint density at radius 1 is 1.70 bits per heavy atom. The number of nitrogens with zero attached hydrogens (tertiary/aromatic N) is 1. The van der Waals surface area contributed by atoms with Gasteiger partial charge in [0.1, 0.15) is 0 Å². The van der Waals surface area contributed by atoms with E-state index in [2.05, 4.69) is 12.2 Å². The van der Waals surface area contributed by atoms with E-state index in [0.717, 1.165) is 19.6 Å². The Hall–Kier alpha value is 0.0700. The van der Waals surface area contributed by atoms with E-state index in [4.69, 9.17) is 0 Å². The van der Waals surface area contributed by atoms with Crippen LogP contribution in [0.25, 0.3) is 0 Å². The smallest absolute Gasteiger partial charge is 0.0914 e. The molecule has 1 rings (SSSR count). The van der Waals surface area contributed by atoms with E-state index in [1.807, 2.05) is 4.31 Å². The number of hydrogen-bond acceptors (Lipinski definition) is 2. The largest absolute Gasteiger partial charge is 0.314 e. The molecular weight excluding hydrogens is 148 g/mol. The summed E-state index contributed by atoms with van der Waals surface area (Å²) in [5.74, 6) is 0. The molecule has 0 aromatic rings. The molecule has 0 aliphatic carbocycles. The first-order chi connectivity index (χ1) is 4.72. The summed E-state index contributed by atoms with van der Waals surface area (Å²) < 4.78 is 13.0. The Bertz CT molecular complexity index is 140. The molecule has 1 saturated heterocycles. The summed E-state index contributed by atoms with van der Waals surface area (Å²) in [6.07, 6.45) is 1.74. The molecule has 0 aromatic carbocycles. The van der Waals surface area contributed by atoms with Gasteiger partial charge in [0.25, 0.3) is 0 Å². The van der Waals surface area contributed by atoms with Crippen molar-refractivity contribution in [3.8, 4) is 0 Å². The molecule has 2 atom stereocenters. The zero-order valence-electron chi connectivity index (χ0n) is 6.46. The van der Waals surface area contributed by atoms with Crippen LogP contribution in [0, 0.1) is 0 Å². The van der Waals surface area contributed by atoms with Crippen LogP contribution >= 0.6 is 0 Å². The van der Waals surface area contributed by atoms with Crippen LogP contribution in [0.4, 0.5) is 0 Å². The Kier molecular flexibility index (Phi) is 2.82. The number of rotatable bonds is 1. The summed E-state index contributed by atoms with van der Waals surface area (Å²) in [7, 11) is -0.789. The van der Waals surface area contributed by atoms with Gasteiger partial charge in [-0.05, 0) is 6.92 Å². The van der Waals surface area contributed by atoms with Crippen LogP contribution < -0.4 is 5.32 Å². The highest BCUT2D eigenvalue weighted by molar-refractivity contribution is 7.81. The first-order valence-corrected chi connectivity index (χ1v) is 5.04. The lowest BCUT2D eigenvalue weighted by atomic mass is 10.3. The van der Waals surface area contributed by atoms with Crippen molar-refractivity contribution < 1.29 is 4.21 Å². The van der Waals surface area contributed by atoms with Crippen LogP contribution in [0.15, 0.2) is 0 Å². The molecule has 0 spiro atoms. The summed E-state index contributed by atoms with van der Waals surface area (Å²) in [5, 5.41) is 3.24. The molecule has 1 aliphatic heterocycles. The van der Waals surface area contributed by atoms with E-state index in [0.29, 0.717) is 6.04 Å². The molecule has 10 heavy (non-hydrogen) atoms.